The number of benzene rings is 2. The van der Waals surface area contributed by atoms with E-state index >= 15 is 0 Å². The first-order valence-electron chi connectivity index (χ1n) is 8.19. The second-order valence-corrected chi connectivity index (χ2v) is 7.56. The van der Waals surface area contributed by atoms with E-state index < -0.39 is 0 Å². The molecule has 0 fully saturated rings. The summed E-state index contributed by atoms with van der Waals surface area (Å²) in [5, 5.41) is 1.80. The zero-order valence-corrected chi connectivity index (χ0v) is 15.8. The lowest BCUT2D eigenvalue weighted by atomic mass is 10.1. The van der Waals surface area contributed by atoms with Crippen LogP contribution in [0.15, 0.2) is 58.3 Å². The lowest BCUT2D eigenvalue weighted by Crippen LogP contribution is -1.93. The van der Waals surface area contributed by atoms with Crippen molar-refractivity contribution in [3.63, 3.8) is 0 Å². The molecule has 0 bridgehead atoms. The van der Waals surface area contributed by atoms with Crippen LogP contribution < -0.4 is 4.74 Å². The van der Waals surface area contributed by atoms with Gasteiger partial charge in [-0.15, -0.1) is 11.3 Å². The van der Waals surface area contributed by atoms with Crippen LogP contribution in [-0.4, -0.2) is 17.4 Å². The molecule has 0 spiro atoms. The zero-order valence-electron chi connectivity index (χ0n) is 14.2. The first kappa shape index (κ1) is 17.7. The molecule has 0 aliphatic carbocycles. The summed E-state index contributed by atoms with van der Waals surface area (Å²) in [5.41, 5.74) is 2.89. The number of carbonyl (C=O) groups excluding carboxylic acids is 1. The van der Waals surface area contributed by atoms with Crippen LogP contribution in [0.5, 0.6) is 5.75 Å². The van der Waals surface area contributed by atoms with E-state index in [1.54, 1.807) is 22.8 Å². The summed E-state index contributed by atoms with van der Waals surface area (Å²) in [6.07, 6.45) is 2.58. The Kier molecular flexibility index (Phi) is 5.89. The van der Waals surface area contributed by atoms with Crippen molar-refractivity contribution in [1.29, 1.82) is 0 Å². The van der Waals surface area contributed by atoms with Gasteiger partial charge in [-0.25, -0.2) is 4.98 Å². The topological polar surface area (TPSA) is 39.2 Å². The summed E-state index contributed by atoms with van der Waals surface area (Å²) in [6, 6.07) is 13.6. The SMILES string of the molecule is CCOc1ccc2nc(S/C=C/C(=O)c3ccc(CC)cc3)sc2c1. The monoisotopic (exact) mass is 369 g/mol. The molecule has 0 unspecified atom stereocenters. The Balaban J connectivity index is 1.66. The van der Waals surface area contributed by atoms with E-state index in [0.717, 1.165) is 26.7 Å². The van der Waals surface area contributed by atoms with E-state index in [-0.39, 0.29) is 5.78 Å². The molecule has 1 heterocycles. The number of carbonyl (C=O) groups is 1. The van der Waals surface area contributed by atoms with Crippen LogP contribution in [0.3, 0.4) is 0 Å². The first-order valence-corrected chi connectivity index (χ1v) is 9.89. The van der Waals surface area contributed by atoms with Gasteiger partial charge in [-0.3, -0.25) is 4.79 Å². The molecule has 5 heteroatoms. The van der Waals surface area contributed by atoms with Crippen molar-refractivity contribution in [2.45, 2.75) is 24.6 Å². The van der Waals surface area contributed by atoms with Gasteiger partial charge in [0.25, 0.3) is 0 Å². The van der Waals surface area contributed by atoms with E-state index in [9.17, 15) is 4.79 Å². The maximum Gasteiger partial charge on any atom is 0.186 e. The average molecular weight is 370 g/mol. The normalized spacial score (nSPS) is 11.3. The van der Waals surface area contributed by atoms with Gasteiger partial charge in [0.2, 0.25) is 0 Å². The van der Waals surface area contributed by atoms with Crippen LogP contribution in [0.25, 0.3) is 10.2 Å². The highest BCUT2D eigenvalue weighted by Crippen LogP contribution is 2.32. The van der Waals surface area contributed by atoms with Gasteiger partial charge in [0.1, 0.15) is 5.75 Å². The van der Waals surface area contributed by atoms with E-state index in [2.05, 4.69) is 11.9 Å². The van der Waals surface area contributed by atoms with E-state index in [1.807, 2.05) is 49.4 Å². The summed E-state index contributed by atoms with van der Waals surface area (Å²) in [4.78, 5) is 16.8. The number of ether oxygens (including phenoxy) is 1. The molecular formula is C20H19NO2S2. The third-order valence-electron chi connectivity index (χ3n) is 3.69. The number of nitrogens with zero attached hydrogens (tertiary/aromatic N) is 1. The summed E-state index contributed by atoms with van der Waals surface area (Å²) in [5.74, 6) is 0.867. The highest BCUT2D eigenvalue weighted by Gasteiger charge is 2.06. The van der Waals surface area contributed by atoms with Crippen LogP contribution in [0.2, 0.25) is 0 Å². The zero-order chi connectivity index (χ0) is 17.6. The molecule has 0 aliphatic heterocycles. The predicted molar refractivity (Wildman–Crippen MR) is 106 cm³/mol. The summed E-state index contributed by atoms with van der Waals surface area (Å²) in [7, 11) is 0. The number of aryl methyl sites for hydroxylation is 1. The lowest BCUT2D eigenvalue weighted by molar-refractivity contribution is 0.104. The Morgan fingerprint density at radius 1 is 1.20 bits per heavy atom. The van der Waals surface area contributed by atoms with Crippen LogP contribution in [0, 0.1) is 0 Å². The number of rotatable bonds is 7. The van der Waals surface area contributed by atoms with Gasteiger partial charge >= 0.3 is 0 Å². The number of hydrogen-bond acceptors (Lipinski definition) is 5. The Hall–Kier alpha value is -2.11. The Labute approximate surface area is 155 Å². The van der Waals surface area contributed by atoms with Crippen LogP contribution >= 0.6 is 23.1 Å². The summed E-state index contributed by atoms with van der Waals surface area (Å²) < 4.78 is 7.51. The van der Waals surface area contributed by atoms with Crippen LogP contribution in [0.4, 0.5) is 0 Å². The number of thioether (sulfide) groups is 1. The predicted octanol–water partition coefficient (Wildman–Crippen LogP) is 5.75. The summed E-state index contributed by atoms with van der Waals surface area (Å²) in [6.45, 7) is 4.72. The van der Waals surface area contributed by atoms with Gasteiger partial charge in [0.05, 0.1) is 16.8 Å². The van der Waals surface area contributed by atoms with Crippen molar-refractivity contribution < 1.29 is 9.53 Å². The van der Waals surface area contributed by atoms with Gasteiger partial charge in [0.15, 0.2) is 10.1 Å². The first-order chi connectivity index (χ1) is 12.2. The molecule has 2 aromatic carbocycles. The number of fused-ring (bicyclic) bond motifs is 1. The number of allylic oxidation sites excluding steroid dienone is 1. The van der Waals surface area contributed by atoms with Gasteiger partial charge in [-0.2, -0.15) is 0 Å². The van der Waals surface area contributed by atoms with Crippen LogP contribution in [0.1, 0.15) is 29.8 Å². The molecule has 1 aromatic heterocycles. The molecule has 25 heavy (non-hydrogen) atoms. The van der Waals surface area contributed by atoms with Crippen molar-refractivity contribution in [2.24, 2.45) is 0 Å². The third-order valence-corrected chi connectivity index (χ3v) is 5.60. The smallest absolute Gasteiger partial charge is 0.186 e. The second kappa shape index (κ2) is 8.32. The largest absolute Gasteiger partial charge is 0.494 e. The minimum Gasteiger partial charge on any atom is -0.494 e. The molecule has 3 nitrogen and oxygen atoms in total. The molecule has 3 aromatic rings. The molecule has 0 amide bonds. The van der Waals surface area contributed by atoms with E-state index in [4.69, 9.17) is 4.74 Å². The third kappa shape index (κ3) is 4.50. The van der Waals surface area contributed by atoms with Gasteiger partial charge in [-0.1, -0.05) is 43.0 Å². The maximum absolute atomic E-state index is 12.2. The molecule has 0 saturated carbocycles. The number of aromatic nitrogens is 1. The molecule has 0 N–H and O–H groups in total. The van der Waals surface area contributed by atoms with Crippen molar-refractivity contribution in [3.05, 3.63) is 65.1 Å². The standard InChI is InChI=1S/C20H19NO2S2/c1-3-14-5-7-15(8-6-14)18(22)11-12-24-20-21-17-10-9-16(23-4-2)13-19(17)25-20/h5-13H,3-4H2,1-2H3/b12-11+. The molecule has 0 radical (unpaired) electrons. The van der Waals surface area contributed by atoms with Crippen molar-refractivity contribution >= 4 is 39.1 Å². The highest BCUT2D eigenvalue weighted by atomic mass is 32.2. The van der Waals surface area contributed by atoms with Crippen molar-refractivity contribution in [2.75, 3.05) is 6.61 Å². The van der Waals surface area contributed by atoms with Gasteiger partial charge in [-0.05, 0) is 48.6 Å². The minimum absolute atomic E-state index is 0.00916. The Morgan fingerprint density at radius 2 is 2.00 bits per heavy atom. The number of ketones is 1. The number of thiazole rings is 1. The van der Waals surface area contributed by atoms with Gasteiger partial charge < -0.3 is 4.74 Å². The molecule has 0 atom stereocenters. The second-order valence-electron chi connectivity index (χ2n) is 5.38. The molecule has 3 rings (SSSR count). The maximum atomic E-state index is 12.2. The van der Waals surface area contributed by atoms with Crippen molar-refractivity contribution in [1.82, 2.24) is 4.98 Å². The molecular weight excluding hydrogens is 350 g/mol. The molecule has 0 saturated heterocycles. The Morgan fingerprint density at radius 3 is 2.72 bits per heavy atom. The lowest BCUT2D eigenvalue weighted by Gasteiger charge is -2.00. The van der Waals surface area contributed by atoms with E-state index in [1.165, 1.54) is 17.3 Å². The fourth-order valence-electron chi connectivity index (χ4n) is 2.35. The average Bonchev–Trinajstić information content (AvgIpc) is 3.04. The Bertz CT molecular complexity index is 898. The minimum atomic E-state index is 0.00916. The fourth-order valence-corrected chi connectivity index (χ4v) is 4.16. The highest BCUT2D eigenvalue weighted by molar-refractivity contribution is 8.03. The van der Waals surface area contributed by atoms with Crippen LogP contribution in [-0.2, 0) is 6.42 Å². The quantitative estimate of drug-likeness (QED) is 0.302. The van der Waals surface area contributed by atoms with E-state index in [0.29, 0.717) is 12.2 Å². The number of hydrogen-bond donors (Lipinski definition) is 0. The van der Waals surface area contributed by atoms with Crippen molar-refractivity contribution in [3.8, 4) is 5.75 Å². The van der Waals surface area contributed by atoms with Gasteiger partial charge in [0, 0.05) is 5.56 Å². The fraction of sp³-hybridized carbons (Fsp3) is 0.200. The summed E-state index contributed by atoms with van der Waals surface area (Å²) >= 11 is 3.06. The molecule has 0 aliphatic rings. The molecule has 128 valence electrons.